The van der Waals surface area contributed by atoms with Gasteiger partial charge in [0.1, 0.15) is 11.6 Å². The zero-order valence-electron chi connectivity index (χ0n) is 10.2. The molecule has 0 amide bonds. The van der Waals surface area contributed by atoms with Crippen molar-refractivity contribution in [1.29, 1.82) is 0 Å². The summed E-state index contributed by atoms with van der Waals surface area (Å²) in [6.45, 7) is 5.33. The number of nitrogens with zero attached hydrogens (tertiary/aromatic N) is 2. The molecule has 0 saturated carbocycles. The van der Waals surface area contributed by atoms with Crippen molar-refractivity contribution in [3.63, 3.8) is 0 Å². The first-order valence-electron chi connectivity index (χ1n) is 5.69. The van der Waals surface area contributed by atoms with E-state index in [-0.39, 0.29) is 0 Å². The van der Waals surface area contributed by atoms with E-state index in [0.29, 0.717) is 6.61 Å². The van der Waals surface area contributed by atoms with Crippen LogP contribution in [0.15, 0.2) is 30.6 Å². The van der Waals surface area contributed by atoms with Gasteiger partial charge in [0.15, 0.2) is 0 Å². The Hall–Kier alpha value is -1.97. The normalized spacial score (nSPS) is 10.5. The van der Waals surface area contributed by atoms with Gasteiger partial charge in [0.05, 0.1) is 13.2 Å². The van der Waals surface area contributed by atoms with Gasteiger partial charge < -0.3 is 15.0 Å². The number of nitrogens with two attached hydrogens (primary N) is 1. The van der Waals surface area contributed by atoms with Crippen molar-refractivity contribution in [2.75, 3.05) is 12.3 Å². The van der Waals surface area contributed by atoms with E-state index in [2.05, 4.69) is 9.55 Å². The number of rotatable bonds is 4. The van der Waals surface area contributed by atoms with Gasteiger partial charge in [-0.05, 0) is 32.0 Å². The third-order valence-corrected chi connectivity index (χ3v) is 2.65. The SMILES string of the molecule is CCOc1ccc(N)cc1Cn1ccnc1C. The molecule has 90 valence electrons. The molecule has 2 rings (SSSR count). The first-order chi connectivity index (χ1) is 8.20. The van der Waals surface area contributed by atoms with Crippen LogP contribution in [0, 0.1) is 6.92 Å². The lowest BCUT2D eigenvalue weighted by atomic mass is 10.1. The number of hydrogen-bond acceptors (Lipinski definition) is 3. The predicted molar refractivity (Wildman–Crippen MR) is 68.1 cm³/mol. The molecule has 4 heteroatoms. The quantitative estimate of drug-likeness (QED) is 0.821. The second-order valence-corrected chi connectivity index (χ2v) is 3.90. The molecular formula is C13H17N3O. The van der Waals surface area contributed by atoms with Crippen LogP contribution in [0.2, 0.25) is 0 Å². The third-order valence-electron chi connectivity index (χ3n) is 2.65. The van der Waals surface area contributed by atoms with Gasteiger partial charge in [0.25, 0.3) is 0 Å². The standard InChI is InChI=1S/C13H17N3O/c1-3-17-13-5-4-12(14)8-11(13)9-16-7-6-15-10(16)2/h4-8H,3,9,14H2,1-2H3. The van der Waals surface area contributed by atoms with E-state index in [0.717, 1.165) is 29.4 Å². The van der Waals surface area contributed by atoms with Gasteiger partial charge in [0.2, 0.25) is 0 Å². The Morgan fingerprint density at radius 1 is 1.41 bits per heavy atom. The molecule has 2 aromatic rings. The lowest BCUT2D eigenvalue weighted by molar-refractivity contribution is 0.336. The molecule has 0 spiro atoms. The molecule has 0 aliphatic carbocycles. The minimum atomic E-state index is 0.653. The van der Waals surface area contributed by atoms with E-state index in [1.54, 1.807) is 6.20 Å². The zero-order chi connectivity index (χ0) is 12.3. The highest BCUT2D eigenvalue weighted by Gasteiger charge is 2.06. The summed E-state index contributed by atoms with van der Waals surface area (Å²) in [6, 6.07) is 5.72. The molecule has 0 atom stereocenters. The minimum absolute atomic E-state index is 0.653. The monoisotopic (exact) mass is 231 g/mol. The highest BCUT2D eigenvalue weighted by Crippen LogP contribution is 2.22. The Kier molecular flexibility index (Phi) is 3.32. The van der Waals surface area contributed by atoms with Gasteiger partial charge in [-0.15, -0.1) is 0 Å². The molecule has 1 aromatic carbocycles. The summed E-state index contributed by atoms with van der Waals surface area (Å²) in [5.41, 5.74) is 7.64. The Balaban J connectivity index is 2.30. The molecule has 0 aliphatic heterocycles. The van der Waals surface area contributed by atoms with Crippen LogP contribution >= 0.6 is 0 Å². The van der Waals surface area contributed by atoms with Gasteiger partial charge in [-0.25, -0.2) is 4.98 Å². The fraction of sp³-hybridized carbons (Fsp3) is 0.308. The fourth-order valence-corrected chi connectivity index (χ4v) is 1.77. The van der Waals surface area contributed by atoms with E-state index in [1.807, 2.05) is 38.2 Å². The summed E-state index contributed by atoms with van der Waals surface area (Å²) in [5, 5.41) is 0. The number of hydrogen-bond donors (Lipinski definition) is 1. The van der Waals surface area contributed by atoms with Gasteiger partial charge >= 0.3 is 0 Å². The third kappa shape index (κ3) is 2.58. The summed E-state index contributed by atoms with van der Waals surface area (Å²) in [6.07, 6.45) is 3.75. The second kappa shape index (κ2) is 4.91. The van der Waals surface area contributed by atoms with Crippen LogP contribution in [0.1, 0.15) is 18.3 Å². The molecule has 0 aliphatic rings. The number of aromatic nitrogens is 2. The molecule has 1 aromatic heterocycles. The smallest absolute Gasteiger partial charge is 0.124 e. The Morgan fingerprint density at radius 2 is 2.24 bits per heavy atom. The van der Waals surface area contributed by atoms with E-state index in [1.165, 1.54) is 0 Å². The molecule has 2 N–H and O–H groups in total. The van der Waals surface area contributed by atoms with Crippen LogP contribution in [0.5, 0.6) is 5.75 Å². The Morgan fingerprint density at radius 3 is 2.88 bits per heavy atom. The molecule has 0 radical (unpaired) electrons. The maximum absolute atomic E-state index is 5.81. The predicted octanol–water partition coefficient (Wildman–Crippen LogP) is 2.22. The first kappa shape index (κ1) is 11.5. The zero-order valence-corrected chi connectivity index (χ0v) is 10.2. The van der Waals surface area contributed by atoms with Crippen LogP contribution in [0.25, 0.3) is 0 Å². The highest BCUT2D eigenvalue weighted by molar-refractivity contribution is 5.48. The van der Waals surface area contributed by atoms with Gasteiger partial charge in [0, 0.05) is 23.6 Å². The number of aryl methyl sites for hydroxylation is 1. The van der Waals surface area contributed by atoms with Crippen LogP contribution < -0.4 is 10.5 Å². The topological polar surface area (TPSA) is 53.1 Å². The lowest BCUT2D eigenvalue weighted by Gasteiger charge is -2.12. The Labute approximate surface area is 101 Å². The first-order valence-corrected chi connectivity index (χ1v) is 5.69. The van der Waals surface area contributed by atoms with Crippen molar-refractivity contribution >= 4 is 5.69 Å². The average Bonchev–Trinajstić information content (AvgIpc) is 2.69. The van der Waals surface area contributed by atoms with Crippen LogP contribution in [0.3, 0.4) is 0 Å². The van der Waals surface area contributed by atoms with E-state index in [9.17, 15) is 0 Å². The molecular weight excluding hydrogens is 214 g/mol. The number of imidazole rings is 1. The second-order valence-electron chi connectivity index (χ2n) is 3.90. The summed E-state index contributed by atoms with van der Waals surface area (Å²) in [7, 11) is 0. The molecule has 1 heterocycles. The fourth-order valence-electron chi connectivity index (χ4n) is 1.77. The van der Waals surface area contributed by atoms with E-state index >= 15 is 0 Å². The maximum Gasteiger partial charge on any atom is 0.124 e. The van der Waals surface area contributed by atoms with Gasteiger partial charge in [-0.1, -0.05) is 0 Å². The summed E-state index contributed by atoms with van der Waals surface area (Å²) < 4.78 is 7.66. The van der Waals surface area contributed by atoms with Crippen molar-refractivity contribution in [1.82, 2.24) is 9.55 Å². The summed E-state index contributed by atoms with van der Waals surface area (Å²) in [5.74, 6) is 1.87. The molecule has 0 unspecified atom stereocenters. The summed E-state index contributed by atoms with van der Waals surface area (Å²) in [4.78, 5) is 4.20. The molecule has 0 saturated heterocycles. The minimum Gasteiger partial charge on any atom is -0.494 e. The largest absolute Gasteiger partial charge is 0.494 e. The molecule has 17 heavy (non-hydrogen) atoms. The highest BCUT2D eigenvalue weighted by atomic mass is 16.5. The van der Waals surface area contributed by atoms with Crippen molar-refractivity contribution in [2.45, 2.75) is 20.4 Å². The van der Waals surface area contributed by atoms with Crippen molar-refractivity contribution in [3.8, 4) is 5.75 Å². The Bertz CT molecular complexity index is 505. The molecule has 0 fully saturated rings. The van der Waals surface area contributed by atoms with Crippen molar-refractivity contribution < 1.29 is 4.74 Å². The number of ether oxygens (including phenoxy) is 1. The molecule has 4 nitrogen and oxygen atoms in total. The van der Waals surface area contributed by atoms with Crippen LogP contribution in [-0.4, -0.2) is 16.2 Å². The number of nitrogen functional groups attached to an aromatic ring is 1. The summed E-state index contributed by atoms with van der Waals surface area (Å²) >= 11 is 0. The van der Waals surface area contributed by atoms with Crippen LogP contribution in [0.4, 0.5) is 5.69 Å². The number of anilines is 1. The van der Waals surface area contributed by atoms with Gasteiger partial charge in [-0.2, -0.15) is 0 Å². The maximum atomic E-state index is 5.81. The van der Waals surface area contributed by atoms with Crippen molar-refractivity contribution in [3.05, 3.63) is 42.0 Å². The lowest BCUT2D eigenvalue weighted by Crippen LogP contribution is -2.05. The average molecular weight is 231 g/mol. The van der Waals surface area contributed by atoms with E-state index in [4.69, 9.17) is 10.5 Å². The number of benzene rings is 1. The van der Waals surface area contributed by atoms with E-state index < -0.39 is 0 Å². The van der Waals surface area contributed by atoms with Crippen LogP contribution in [-0.2, 0) is 6.54 Å². The van der Waals surface area contributed by atoms with Crippen molar-refractivity contribution in [2.24, 2.45) is 0 Å². The van der Waals surface area contributed by atoms with Gasteiger partial charge in [-0.3, -0.25) is 0 Å². The molecule has 0 bridgehead atoms.